The predicted molar refractivity (Wildman–Crippen MR) is 101 cm³/mol. The first kappa shape index (κ1) is 16.6. The van der Waals surface area contributed by atoms with E-state index in [-0.39, 0.29) is 0 Å². The van der Waals surface area contributed by atoms with E-state index in [2.05, 4.69) is 0 Å². The maximum absolute atomic E-state index is 12.8. The third kappa shape index (κ3) is 2.83. The molecule has 26 heavy (non-hydrogen) atoms. The Labute approximate surface area is 159 Å². The van der Waals surface area contributed by atoms with Gasteiger partial charge in [0.15, 0.2) is 5.75 Å². The summed E-state index contributed by atoms with van der Waals surface area (Å²) in [7, 11) is 0. The molecule has 1 aliphatic rings. The maximum atomic E-state index is 12.8. The van der Waals surface area contributed by atoms with E-state index in [9.17, 15) is 9.59 Å². The number of fused-ring (bicyclic) bond motifs is 1. The van der Waals surface area contributed by atoms with Crippen LogP contribution in [0.15, 0.2) is 66.7 Å². The Bertz CT molecular complexity index is 996. The second-order valence-electron chi connectivity index (χ2n) is 5.66. The maximum Gasteiger partial charge on any atom is 0.266 e. The number of halogens is 2. The van der Waals surface area contributed by atoms with Crippen LogP contribution in [0.5, 0.6) is 11.5 Å². The van der Waals surface area contributed by atoms with Gasteiger partial charge in [-0.25, -0.2) is 4.90 Å². The van der Waals surface area contributed by atoms with Gasteiger partial charge < -0.3 is 4.74 Å². The molecule has 0 atom stereocenters. The van der Waals surface area contributed by atoms with Crippen LogP contribution in [0.1, 0.15) is 20.7 Å². The molecule has 4 rings (SSSR count). The Balaban J connectivity index is 1.77. The van der Waals surface area contributed by atoms with Gasteiger partial charge in [0.25, 0.3) is 11.8 Å². The molecule has 0 saturated heterocycles. The molecule has 4 nitrogen and oxygen atoms in total. The van der Waals surface area contributed by atoms with Gasteiger partial charge >= 0.3 is 0 Å². The summed E-state index contributed by atoms with van der Waals surface area (Å²) in [5.74, 6) is 0.0449. The second kappa shape index (κ2) is 6.48. The number of rotatable bonds is 3. The second-order valence-corrected chi connectivity index (χ2v) is 6.53. The monoisotopic (exact) mass is 383 g/mol. The number of carbonyl (C=O) groups excluding carboxylic acids is 2. The summed E-state index contributed by atoms with van der Waals surface area (Å²) in [6, 6.07) is 18.3. The molecule has 6 heteroatoms. The van der Waals surface area contributed by atoms with Gasteiger partial charge in [-0.3, -0.25) is 9.59 Å². The largest absolute Gasteiger partial charge is 0.455 e. The molecule has 0 aromatic heterocycles. The number of benzene rings is 3. The summed E-state index contributed by atoms with van der Waals surface area (Å²) in [6.07, 6.45) is 0. The molecular weight excluding hydrogens is 373 g/mol. The van der Waals surface area contributed by atoms with Gasteiger partial charge in [-0.1, -0.05) is 35.3 Å². The molecule has 0 spiro atoms. The lowest BCUT2D eigenvalue weighted by molar-refractivity contribution is 0.0925. The molecule has 0 radical (unpaired) electrons. The standard InChI is InChI=1S/C20H11Cl2NO3/c21-12-5-8-14(9-6-12)26-18-10-7-13(22)11-17(18)23-19(24)15-3-1-2-4-16(15)20(23)25/h1-11H. The van der Waals surface area contributed by atoms with Crippen molar-refractivity contribution in [1.29, 1.82) is 0 Å². The molecule has 0 aliphatic carbocycles. The number of carbonyl (C=O) groups is 2. The molecule has 3 aromatic rings. The minimum absolute atomic E-state index is 0.290. The van der Waals surface area contributed by atoms with Crippen molar-refractivity contribution < 1.29 is 14.3 Å². The van der Waals surface area contributed by atoms with Gasteiger partial charge in [-0.2, -0.15) is 0 Å². The fraction of sp³-hybridized carbons (Fsp3) is 0. The van der Waals surface area contributed by atoms with Crippen LogP contribution in [0.25, 0.3) is 0 Å². The SMILES string of the molecule is O=C1c2ccccc2C(=O)N1c1cc(Cl)ccc1Oc1ccc(Cl)cc1. The Morgan fingerprint density at radius 2 is 1.31 bits per heavy atom. The van der Waals surface area contributed by atoms with Gasteiger partial charge in [-0.05, 0) is 54.6 Å². The smallest absolute Gasteiger partial charge is 0.266 e. The average Bonchev–Trinajstić information content (AvgIpc) is 2.90. The van der Waals surface area contributed by atoms with E-state index in [1.54, 1.807) is 60.7 Å². The van der Waals surface area contributed by atoms with Crippen molar-refractivity contribution in [2.75, 3.05) is 4.90 Å². The molecule has 2 amide bonds. The number of nitrogens with zero attached hydrogens (tertiary/aromatic N) is 1. The van der Waals surface area contributed by atoms with Crippen LogP contribution in [-0.2, 0) is 0 Å². The Hall–Kier alpha value is -2.82. The molecular formula is C20H11Cl2NO3. The lowest BCUT2D eigenvalue weighted by Crippen LogP contribution is -2.29. The summed E-state index contributed by atoms with van der Waals surface area (Å²) >= 11 is 12.0. The van der Waals surface area contributed by atoms with Crippen LogP contribution < -0.4 is 9.64 Å². The molecule has 3 aromatic carbocycles. The first-order chi connectivity index (χ1) is 12.5. The lowest BCUT2D eigenvalue weighted by Gasteiger charge is -2.18. The highest BCUT2D eigenvalue weighted by molar-refractivity contribution is 6.36. The number of hydrogen-bond acceptors (Lipinski definition) is 3. The lowest BCUT2D eigenvalue weighted by atomic mass is 10.1. The van der Waals surface area contributed by atoms with Gasteiger partial charge in [0.05, 0.1) is 16.8 Å². The van der Waals surface area contributed by atoms with Crippen molar-refractivity contribution in [3.8, 4) is 11.5 Å². The van der Waals surface area contributed by atoms with E-state index in [1.165, 1.54) is 6.07 Å². The fourth-order valence-corrected chi connectivity index (χ4v) is 3.08. The molecule has 0 saturated carbocycles. The summed E-state index contributed by atoms with van der Waals surface area (Å²) < 4.78 is 5.86. The van der Waals surface area contributed by atoms with Gasteiger partial charge in [-0.15, -0.1) is 0 Å². The normalized spacial score (nSPS) is 13.1. The number of ether oxygens (including phenoxy) is 1. The van der Waals surface area contributed by atoms with Crippen molar-refractivity contribution >= 4 is 40.7 Å². The third-order valence-corrected chi connectivity index (χ3v) is 4.48. The quantitative estimate of drug-likeness (QED) is 0.554. The Kier molecular flexibility index (Phi) is 4.15. The zero-order valence-electron chi connectivity index (χ0n) is 13.3. The molecule has 1 heterocycles. The van der Waals surface area contributed by atoms with E-state index in [1.807, 2.05) is 0 Å². The summed E-state index contributed by atoms with van der Waals surface area (Å²) in [5, 5.41) is 0.967. The van der Waals surface area contributed by atoms with Crippen molar-refractivity contribution in [1.82, 2.24) is 0 Å². The zero-order valence-corrected chi connectivity index (χ0v) is 14.8. The molecule has 0 N–H and O–H groups in total. The Morgan fingerprint density at radius 3 is 1.92 bits per heavy atom. The first-order valence-corrected chi connectivity index (χ1v) is 8.51. The Morgan fingerprint density at radius 1 is 0.731 bits per heavy atom. The minimum atomic E-state index is -0.408. The van der Waals surface area contributed by atoms with Gasteiger partial charge in [0.1, 0.15) is 5.75 Å². The van der Waals surface area contributed by atoms with E-state index in [0.717, 1.165) is 4.90 Å². The third-order valence-electron chi connectivity index (χ3n) is 4.00. The highest BCUT2D eigenvalue weighted by Crippen LogP contribution is 2.38. The van der Waals surface area contributed by atoms with Crippen LogP contribution in [0.4, 0.5) is 5.69 Å². The van der Waals surface area contributed by atoms with Crippen LogP contribution >= 0.6 is 23.2 Å². The van der Waals surface area contributed by atoms with Crippen LogP contribution in [0.2, 0.25) is 10.0 Å². The van der Waals surface area contributed by atoms with Crippen molar-refractivity contribution in [2.24, 2.45) is 0 Å². The number of anilines is 1. The van der Waals surface area contributed by atoms with E-state index < -0.39 is 11.8 Å². The van der Waals surface area contributed by atoms with Gasteiger partial charge in [0.2, 0.25) is 0 Å². The number of hydrogen-bond donors (Lipinski definition) is 0. The first-order valence-electron chi connectivity index (χ1n) is 7.75. The van der Waals surface area contributed by atoms with E-state index in [4.69, 9.17) is 27.9 Å². The molecule has 1 aliphatic heterocycles. The number of imide groups is 1. The number of amides is 2. The van der Waals surface area contributed by atoms with Crippen LogP contribution in [0.3, 0.4) is 0 Å². The highest BCUT2D eigenvalue weighted by Gasteiger charge is 2.38. The molecule has 0 bridgehead atoms. The van der Waals surface area contributed by atoms with Crippen LogP contribution in [-0.4, -0.2) is 11.8 Å². The van der Waals surface area contributed by atoms with Crippen LogP contribution in [0, 0.1) is 0 Å². The summed E-state index contributed by atoms with van der Waals surface area (Å²) in [4.78, 5) is 26.6. The highest BCUT2D eigenvalue weighted by atomic mass is 35.5. The molecule has 0 fully saturated rings. The summed E-state index contributed by atoms with van der Waals surface area (Å²) in [5.41, 5.74) is 1.00. The zero-order chi connectivity index (χ0) is 18.3. The topological polar surface area (TPSA) is 46.6 Å². The van der Waals surface area contributed by atoms with Gasteiger partial charge in [0, 0.05) is 10.0 Å². The van der Waals surface area contributed by atoms with Crippen molar-refractivity contribution in [3.05, 3.63) is 87.9 Å². The van der Waals surface area contributed by atoms with Crippen molar-refractivity contribution in [2.45, 2.75) is 0 Å². The molecule has 128 valence electrons. The van der Waals surface area contributed by atoms with E-state index >= 15 is 0 Å². The fourth-order valence-electron chi connectivity index (χ4n) is 2.79. The van der Waals surface area contributed by atoms with Crippen molar-refractivity contribution in [3.63, 3.8) is 0 Å². The predicted octanol–water partition coefficient (Wildman–Crippen LogP) is 5.59. The average molecular weight is 384 g/mol. The molecule has 0 unspecified atom stereocenters. The minimum Gasteiger partial charge on any atom is -0.455 e. The van der Waals surface area contributed by atoms with E-state index in [0.29, 0.717) is 38.4 Å². The summed E-state index contributed by atoms with van der Waals surface area (Å²) in [6.45, 7) is 0.